The number of hydrogen-bond acceptors (Lipinski definition) is 3. The molecule has 1 fully saturated rings. The number of Topliss-reactive ketones (excluding diaryl/α,β-unsaturated/α-hetero) is 1. The Balaban J connectivity index is 2.13. The first kappa shape index (κ1) is 12.0. The lowest BCUT2D eigenvalue weighted by Gasteiger charge is -2.33. The number of methoxy groups -OCH3 is 1. The van der Waals surface area contributed by atoms with Gasteiger partial charge in [0.25, 0.3) is 0 Å². The fourth-order valence-electron chi connectivity index (χ4n) is 2.43. The summed E-state index contributed by atoms with van der Waals surface area (Å²) in [5, 5.41) is 0. The molecule has 0 N–H and O–H groups in total. The van der Waals surface area contributed by atoms with E-state index in [1.165, 1.54) is 0 Å². The van der Waals surface area contributed by atoms with E-state index in [1.54, 1.807) is 7.11 Å². The van der Waals surface area contributed by atoms with Gasteiger partial charge in [0.1, 0.15) is 11.5 Å². The Morgan fingerprint density at radius 1 is 1.24 bits per heavy atom. The number of ketones is 1. The number of nitrogens with zero attached hydrogens (tertiary/aromatic N) is 1. The lowest BCUT2D eigenvalue weighted by atomic mass is 9.93. The van der Waals surface area contributed by atoms with E-state index in [0.29, 0.717) is 24.7 Å². The van der Waals surface area contributed by atoms with Gasteiger partial charge in [-0.25, -0.2) is 0 Å². The van der Waals surface area contributed by atoms with Gasteiger partial charge in [0, 0.05) is 25.9 Å². The second-order valence-electron chi connectivity index (χ2n) is 4.55. The minimum atomic E-state index is 0.398. The molecule has 0 amide bonds. The van der Waals surface area contributed by atoms with Crippen molar-refractivity contribution in [2.75, 3.05) is 19.1 Å². The molecule has 3 nitrogen and oxygen atoms in total. The largest absolute Gasteiger partial charge is 0.495 e. The minimum absolute atomic E-state index is 0.398. The van der Waals surface area contributed by atoms with Crippen molar-refractivity contribution in [3.8, 4) is 5.75 Å². The van der Waals surface area contributed by atoms with Crippen LogP contribution in [0.15, 0.2) is 24.3 Å². The van der Waals surface area contributed by atoms with Crippen LogP contribution < -0.4 is 9.64 Å². The highest BCUT2D eigenvalue weighted by Crippen LogP contribution is 2.31. The zero-order chi connectivity index (χ0) is 12.3. The zero-order valence-electron chi connectivity index (χ0n) is 10.5. The predicted molar refractivity (Wildman–Crippen MR) is 68.7 cm³/mol. The molecule has 0 heterocycles. The Morgan fingerprint density at radius 2 is 1.88 bits per heavy atom. The molecule has 0 unspecified atom stereocenters. The van der Waals surface area contributed by atoms with Crippen LogP contribution in [0.5, 0.6) is 5.75 Å². The number of benzene rings is 1. The standard InChI is InChI=1S/C14H19NO2/c1-15(11-7-9-12(16)10-8-11)13-5-3-4-6-14(13)17-2/h3-6,11H,7-10H2,1-2H3. The van der Waals surface area contributed by atoms with E-state index in [4.69, 9.17) is 4.74 Å². The summed E-state index contributed by atoms with van der Waals surface area (Å²) < 4.78 is 5.37. The molecule has 1 aromatic rings. The smallest absolute Gasteiger partial charge is 0.142 e. The Kier molecular flexibility index (Phi) is 3.67. The number of para-hydroxylation sites is 2. The minimum Gasteiger partial charge on any atom is -0.495 e. The molecule has 0 atom stereocenters. The molecular weight excluding hydrogens is 214 g/mol. The van der Waals surface area contributed by atoms with Crippen LogP contribution in [0.1, 0.15) is 25.7 Å². The first-order chi connectivity index (χ1) is 8.22. The molecule has 0 saturated heterocycles. The summed E-state index contributed by atoms with van der Waals surface area (Å²) in [5.74, 6) is 1.29. The fraction of sp³-hybridized carbons (Fsp3) is 0.500. The summed E-state index contributed by atoms with van der Waals surface area (Å²) in [4.78, 5) is 13.5. The Labute approximate surface area is 102 Å². The van der Waals surface area contributed by atoms with Crippen LogP contribution in [-0.2, 0) is 4.79 Å². The summed E-state index contributed by atoms with van der Waals surface area (Å²) in [5.41, 5.74) is 1.11. The van der Waals surface area contributed by atoms with Crippen LogP contribution in [0.4, 0.5) is 5.69 Å². The highest BCUT2D eigenvalue weighted by atomic mass is 16.5. The first-order valence-electron chi connectivity index (χ1n) is 6.10. The Hall–Kier alpha value is -1.51. The van der Waals surface area contributed by atoms with Crippen LogP contribution in [0.3, 0.4) is 0 Å². The highest BCUT2D eigenvalue weighted by molar-refractivity contribution is 5.79. The molecule has 3 heteroatoms. The molecular formula is C14H19NO2. The van der Waals surface area contributed by atoms with Gasteiger partial charge in [0.2, 0.25) is 0 Å². The number of anilines is 1. The number of ether oxygens (including phenoxy) is 1. The number of carbonyl (C=O) groups excluding carboxylic acids is 1. The summed E-state index contributed by atoms with van der Waals surface area (Å²) in [7, 11) is 3.77. The maximum atomic E-state index is 11.2. The predicted octanol–water partition coefficient (Wildman–Crippen LogP) is 2.64. The molecule has 1 aliphatic rings. The summed E-state index contributed by atoms with van der Waals surface area (Å²) >= 11 is 0. The van der Waals surface area contributed by atoms with Gasteiger partial charge in [0.05, 0.1) is 12.8 Å². The maximum absolute atomic E-state index is 11.2. The van der Waals surface area contributed by atoms with Crippen molar-refractivity contribution in [3.63, 3.8) is 0 Å². The molecule has 0 spiro atoms. The maximum Gasteiger partial charge on any atom is 0.142 e. The second kappa shape index (κ2) is 5.21. The molecule has 0 radical (unpaired) electrons. The van der Waals surface area contributed by atoms with Crippen molar-refractivity contribution in [1.29, 1.82) is 0 Å². The van der Waals surface area contributed by atoms with Crippen LogP contribution in [-0.4, -0.2) is 26.0 Å². The third kappa shape index (κ3) is 2.60. The average molecular weight is 233 g/mol. The average Bonchev–Trinajstić information content (AvgIpc) is 2.39. The van der Waals surface area contributed by atoms with Gasteiger partial charge in [-0.2, -0.15) is 0 Å². The third-order valence-electron chi connectivity index (χ3n) is 3.53. The lowest BCUT2D eigenvalue weighted by Crippen LogP contribution is -2.35. The topological polar surface area (TPSA) is 29.5 Å². The van der Waals surface area contributed by atoms with Gasteiger partial charge in [-0.1, -0.05) is 12.1 Å². The third-order valence-corrected chi connectivity index (χ3v) is 3.53. The van der Waals surface area contributed by atoms with Gasteiger partial charge in [-0.15, -0.1) is 0 Å². The highest BCUT2D eigenvalue weighted by Gasteiger charge is 2.23. The van der Waals surface area contributed by atoms with Gasteiger partial charge in [0.15, 0.2) is 0 Å². The van der Waals surface area contributed by atoms with Gasteiger partial charge in [-0.05, 0) is 25.0 Å². The normalized spacial score (nSPS) is 16.9. The van der Waals surface area contributed by atoms with Crippen molar-refractivity contribution >= 4 is 11.5 Å². The van der Waals surface area contributed by atoms with Crippen LogP contribution >= 0.6 is 0 Å². The van der Waals surface area contributed by atoms with E-state index >= 15 is 0 Å². The zero-order valence-corrected chi connectivity index (χ0v) is 10.5. The quantitative estimate of drug-likeness (QED) is 0.803. The molecule has 2 rings (SSSR count). The van der Waals surface area contributed by atoms with Gasteiger partial charge in [-0.3, -0.25) is 4.79 Å². The van der Waals surface area contributed by atoms with Crippen molar-refractivity contribution in [1.82, 2.24) is 0 Å². The number of hydrogen-bond donors (Lipinski definition) is 0. The van der Waals surface area contributed by atoms with Gasteiger partial charge >= 0.3 is 0 Å². The summed E-state index contributed by atoms with van der Waals surface area (Å²) in [6.07, 6.45) is 3.33. The molecule has 0 bridgehead atoms. The molecule has 17 heavy (non-hydrogen) atoms. The molecule has 1 aromatic carbocycles. The Bertz CT molecular complexity index is 393. The van der Waals surface area contributed by atoms with Crippen molar-refractivity contribution < 1.29 is 9.53 Å². The molecule has 0 aromatic heterocycles. The molecule has 1 saturated carbocycles. The van der Waals surface area contributed by atoms with E-state index in [9.17, 15) is 4.79 Å². The van der Waals surface area contributed by atoms with Crippen LogP contribution in [0.25, 0.3) is 0 Å². The van der Waals surface area contributed by atoms with Gasteiger partial charge < -0.3 is 9.64 Å². The van der Waals surface area contributed by atoms with Crippen molar-refractivity contribution in [2.45, 2.75) is 31.7 Å². The number of carbonyl (C=O) groups is 1. The van der Waals surface area contributed by atoms with E-state index in [0.717, 1.165) is 24.3 Å². The lowest BCUT2D eigenvalue weighted by molar-refractivity contribution is -0.120. The Morgan fingerprint density at radius 3 is 2.53 bits per heavy atom. The number of rotatable bonds is 3. The summed E-state index contributed by atoms with van der Waals surface area (Å²) in [6, 6.07) is 8.47. The SMILES string of the molecule is COc1ccccc1N(C)C1CCC(=O)CC1. The molecule has 92 valence electrons. The van der Waals surface area contributed by atoms with E-state index < -0.39 is 0 Å². The summed E-state index contributed by atoms with van der Waals surface area (Å²) in [6.45, 7) is 0. The fourth-order valence-corrected chi connectivity index (χ4v) is 2.43. The van der Waals surface area contributed by atoms with Crippen LogP contribution in [0, 0.1) is 0 Å². The van der Waals surface area contributed by atoms with Crippen LogP contribution in [0.2, 0.25) is 0 Å². The van der Waals surface area contributed by atoms with Crippen molar-refractivity contribution in [3.05, 3.63) is 24.3 Å². The molecule has 1 aliphatic carbocycles. The first-order valence-corrected chi connectivity index (χ1v) is 6.10. The van der Waals surface area contributed by atoms with E-state index in [2.05, 4.69) is 18.0 Å². The van der Waals surface area contributed by atoms with E-state index in [-0.39, 0.29) is 0 Å². The van der Waals surface area contributed by atoms with Crippen molar-refractivity contribution in [2.24, 2.45) is 0 Å². The van der Waals surface area contributed by atoms with E-state index in [1.807, 2.05) is 18.2 Å². The molecule has 0 aliphatic heterocycles. The monoisotopic (exact) mass is 233 g/mol. The second-order valence-corrected chi connectivity index (χ2v) is 4.55.